The average Bonchev–Trinajstić information content (AvgIpc) is 3.19. The molecule has 0 amide bonds. The van der Waals surface area contributed by atoms with Crippen molar-refractivity contribution in [1.29, 1.82) is 0 Å². The highest BCUT2D eigenvalue weighted by Gasteiger charge is 2.30. The second kappa shape index (κ2) is 5.20. The lowest BCUT2D eigenvalue weighted by atomic mass is 10.2. The van der Waals surface area contributed by atoms with Crippen LogP contribution in [0.3, 0.4) is 0 Å². The van der Waals surface area contributed by atoms with Crippen LogP contribution in [0.2, 0.25) is 0 Å². The Balaban J connectivity index is 1.64. The molecule has 4 heterocycles. The van der Waals surface area contributed by atoms with Gasteiger partial charge in [0.1, 0.15) is 0 Å². The normalized spacial score (nSPS) is 19.6. The van der Waals surface area contributed by atoms with Gasteiger partial charge in [-0.25, -0.2) is 4.98 Å². The summed E-state index contributed by atoms with van der Waals surface area (Å²) in [5, 5.41) is 9.85. The number of nitrogens with zero attached hydrogens (tertiary/aromatic N) is 5. The number of hydrogen-bond donors (Lipinski definition) is 0. The molecule has 1 saturated heterocycles. The van der Waals surface area contributed by atoms with E-state index < -0.39 is 0 Å². The fraction of sp³-hybridized carbons (Fsp3) is 0.400. The van der Waals surface area contributed by atoms with Gasteiger partial charge in [-0.1, -0.05) is 6.07 Å². The minimum atomic E-state index is 0.352. The third-order valence-electron chi connectivity index (χ3n) is 4.03. The third-order valence-corrected chi connectivity index (χ3v) is 4.93. The van der Waals surface area contributed by atoms with Crippen LogP contribution in [0.4, 0.5) is 0 Å². The summed E-state index contributed by atoms with van der Waals surface area (Å²) >= 11 is 1.78. The molecule has 1 aliphatic heterocycles. The van der Waals surface area contributed by atoms with E-state index in [2.05, 4.69) is 37.6 Å². The molecule has 0 aliphatic carbocycles. The standard InChI is InChI=1S/C15H17N5S/c1-11-16-9-12(21-11)10-19-7-4-5-13(19)15-18-17-14-6-2-3-8-20(14)15/h2-3,6,8-9,13H,4-5,7,10H2,1H3/t13-/m1/s1. The van der Waals surface area contributed by atoms with E-state index in [0.717, 1.165) is 36.0 Å². The van der Waals surface area contributed by atoms with Crippen molar-refractivity contribution in [2.45, 2.75) is 32.4 Å². The predicted octanol–water partition coefficient (Wildman–Crippen LogP) is 2.83. The van der Waals surface area contributed by atoms with E-state index in [1.54, 1.807) is 11.3 Å². The first-order valence-corrected chi connectivity index (χ1v) is 8.08. The van der Waals surface area contributed by atoms with Crippen molar-refractivity contribution in [3.63, 3.8) is 0 Å². The summed E-state index contributed by atoms with van der Waals surface area (Å²) in [5.74, 6) is 1.06. The zero-order valence-electron chi connectivity index (χ0n) is 11.9. The first-order chi connectivity index (χ1) is 10.3. The SMILES string of the molecule is Cc1ncc(CN2CCC[C@@H]2c2nnc3ccccn23)s1. The molecular formula is C15H17N5S. The van der Waals surface area contributed by atoms with Crippen LogP contribution in [0.25, 0.3) is 5.65 Å². The maximum Gasteiger partial charge on any atom is 0.160 e. The number of pyridine rings is 1. The van der Waals surface area contributed by atoms with Crippen molar-refractivity contribution in [2.24, 2.45) is 0 Å². The zero-order valence-corrected chi connectivity index (χ0v) is 12.8. The Morgan fingerprint density at radius 2 is 2.29 bits per heavy atom. The number of fused-ring (bicyclic) bond motifs is 1. The summed E-state index contributed by atoms with van der Waals surface area (Å²) in [6.45, 7) is 4.13. The monoisotopic (exact) mass is 299 g/mol. The molecule has 0 radical (unpaired) electrons. The van der Waals surface area contributed by atoms with E-state index in [1.165, 1.54) is 11.3 Å². The van der Waals surface area contributed by atoms with Gasteiger partial charge in [-0.3, -0.25) is 9.30 Å². The minimum absolute atomic E-state index is 0.352. The van der Waals surface area contributed by atoms with Crippen molar-refractivity contribution in [1.82, 2.24) is 24.5 Å². The Morgan fingerprint density at radius 3 is 3.14 bits per heavy atom. The van der Waals surface area contributed by atoms with Gasteiger partial charge in [-0.15, -0.1) is 21.5 Å². The first-order valence-electron chi connectivity index (χ1n) is 7.26. The molecule has 0 bridgehead atoms. The van der Waals surface area contributed by atoms with Crippen LogP contribution < -0.4 is 0 Å². The van der Waals surface area contributed by atoms with Crippen LogP contribution in [0.15, 0.2) is 30.6 Å². The Bertz CT molecular complexity index is 762. The van der Waals surface area contributed by atoms with Crippen LogP contribution in [-0.4, -0.2) is 31.0 Å². The Labute approximate surface area is 127 Å². The zero-order chi connectivity index (χ0) is 14.2. The Hall–Kier alpha value is -1.79. The van der Waals surface area contributed by atoms with E-state index in [0.29, 0.717) is 6.04 Å². The van der Waals surface area contributed by atoms with Gasteiger partial charge >= 0.3 is 0 Å². The minimum Gasteiger partial charge on any atom is -0.288 e. The van der Waals surface area contributed by atoms with Gasteiger partial charge in [0.25, 0.3) is 0 Å². The number of aromatic nitrogens is 4. The quantitative estimate of drug-likeness (QED) is 0.746. The van der Waals surface area contributed by atoms with Gasteiger partial charge in [0.15, 0.2) is 11.5 Å². The molecule has 0 saturated carbocycles. The largest absolute Gasteiger partial charge is 0.288 e. The lowest BCUT2D eigenvalue weighted by molar-refractivity contribution is 0.240. The van der Waals surface area contributed by atoms with Crippen molar-refractivity contribution >= 4 is 17.0 Å². The molecule has 0 N–H and O–H groups in total. The van der Waals surface area contributed by atoms with Gasteiger partial charge in [0.2, 0.25) is 0 Å². The second-order valence-corrected chi connectivity index (χ2v) is 6.78. The summed E-state index contributed by atoms with van der Waals surface area (Å²) in [6, 6.07) is 6.39. The number of likely N-dealkylation sites (tertiary alicyclic amines) is 1. The van der Waals surface area contributed by atoms with Gasteiger partial charge in [-0.05, 0) is 38.4 Å². The summed E-state index contributed by atoms with van der Waals surface area (Å²) in [7, 11) is 0. The molecule has 0 spiro atoms. The molecule has 3 aromatic rings. The fourth-order valence-electron chi connectivity index (χ4n) is 3.07. The average molecular weight is 299 g/mol. The van der Waals surface area contributed by atoms with Crippen molar-refractivity contribution in [3.05, 3.63) is 46.3 Å². The summed E-state index contributed by atoms with van der Waals surface area (Å²) in [5.41, 5.74) is 0.924. The van der Waals surface area contributed by atoms with E-state index in [1.807, 2.05) is 24.4 Å². The smallest absolute Gasteiger partial charge is 0.160 e. The topological polar surface area (TPSA) is 46.3 Å². The number of hydrogen-bond acceptors (Lipinski definition) is 5. The van der Waals surface area contributed by atoms with Crippen LogP contribution >= 0.6 is 11.3 Å². The van der Waals surface area contributed by atoms with E-state index in [-0.39, 0.29) is 0 Å². The number of thiazole rings is 1. The summed E-state index contributed by atoms with van der Waals surface area (Å²) in [4.78, 5) is 8.18. The fourth-order valence-corrected chi connectivity index (χ4v) is 3.89. The molecule has 1 aliphatic rings. The molecule has 5 nitrogen and oxygen atoms in total. The molecule has 6 heteroatoms. The molecule has 1 atom stereocenters. The molecular weight excluding hydrogens is 282 g/mol. The van der Waals surface area contributed by atoms with Gasteiger partial charge < -0.3 is 0 Å². The Morgan fingerprint density at radius 1 is 1.33 bits per heavy atom. The maximum atomic E-state index is 4.43. The summed E-state index contributed by atoms with van der Waals surface area (Å²) in [6.07, 6.45) is 6.41. The van der Waals surface area contributed by atoms with Crippen LogP contribution in [0.5, 0.6) is 0 Å². The van der Waals surface area contributed by atoms with Crippen LogP contribution in [-0.2, 0) is 6.54 Å². The van der Waals surface area contributed by atoms with E-state index in [9.17, 15) is 0 Å². The van der Waals surface area contributed by atoms with Crippen molar-refractivity contribution < 1.29 is 0 Å². The number of rotatable bonds is 3. The maximum absolute atomic E-state index is 4.43. The van der Waals surface area contributed by atoms with Crippen LogP contribution in [0, 0.1) is 6.92 Å². The molecule has 1 fully saturated rings. The number of aryl methyl sites for hydroxylation is 1. The van der Waals surface area contributed by atoms with E-state index in [4.69, 9.17) is 0 Å². The Kier molecular flexibility index (Phi) is 3.20. The lowest BCUT2D eigenvalue weighted by Gasteiger charge is -2.22. The van der Waals surface area contributed by atoms with E-state index >= 15 is 0 Å². The molecule has 0 unspecified atom stereocenters. The summed E-state index contributed by atoms with van der Waals surface area (Å²) < 4.78 is 2.11. The first kappa shape index (κ1) is 12.9. The highest BCUT2D eigenvalue weighted by atomic mass is 32.1. The van der Waals surface area contributed by atoms with Crippen molar-refractivity contribution in [3.8, 4) is 0 Å². The van der Waals surface area contributed by atoms with Crippen molar-refractivity contribution in [2.75, 3.05) is 6.54 Å². The molecule has 0 aromatic carbocycles. The second-order valence-electron chi connectivity index (χ2n) is 5.46. The van der Waals surface area contributed by atoms with Gasteiger partial charge in [0.05, 0.1) is 11.0 Å². The third kappa shape index (κ3) is 2.34. The molecule has 3 aromatic heterocycles. The molecule has 108 valence electrons. The van der Waals surface area contributed by atoms with Gasteiger partial charge in [0, 0.05) is 23.8 Å². The highest BCUT2D eigenvalue weighted by molar-refractivity contribution is 7.11. The lowest BCUT2D eigenvalue weighted by Crippen LogP contribution is -2.23. The van der Waals surface area contributed by atoms with Gasteiger partial charge in [-0.2, -0.15) is 0 Å². The highest BCUT2D eigenvalue weighted by Crippen LogP contribution is 2.33. The molecule has 4 rings (SSSR count). The predicted molar refractivity (Wildman–Crippen MR) is 82.2 cm³/mol. The molecule has 21 heavy (non-hydrogen) atoms. The van der Waals surface area contributed by atoms with Crippen LogP contribution in [0.1, 0.15) is 34.6 Å².